The van der Waals surface area contributed by atoms with Crippen molar-refractivity contribution < 1.29 is 9.53 Å². The van der Waals surface area contributed by atoms with Crippen LogP contribution >= 0.6 is 0 Å². The number of esters is 1. The van der Waals surface area contributed by atoms with Gasteiger partial charge in [-0.05, 0) is 49.7 Å². The summed E-state index contributed by atoms with van der Waals surface area (Å²) < 4.78 is 7.00. The molecule has 0 amide bonds. The first-order chi connectivity index (χ1) is 12.1. The molecule has 1 aromatic carbocycles. The van der Waals surface area contributed by atoms with E-state index in [1.807, 2.05) is 26.0 Å². The van der Waals surface area contributed by atoms with E-state index in [1.165, 1.54) is 6.20 Å². The molecule has 0 bridgehead atoms. The second kappa shape index (κ2) is 6.97. The van der Waals surface area contributed by atoms with Crippen LogP contribution in [-0.4, -0.2) is 20.7 Å². The Hall–Kier alpha value is -3.46. The number of benzene rings is 1. The highest BCUT2D eigenvalue weighted by Crippen LogP contribution is 2.12. The van der Waals surface area contributed by atoms with Crippen LogP contribution in [0.15, 0.2) is 48.7 Å². The maximum Gasteiger partial charge on any atom is 0.340 e. The number of carbonyl (C=O) groups excluding carboxylic acids is 1. The van der Waals surface area contributed by atoms with Crippen LogP contribution in [0.5, 0.6) is 0 Å². The fraction of sp³-hybridized carbons (Fsp3) is 0.158. The van der Waals surface area contributed by atoms with Crippen molar-refractivity contribution in [2.24, 2.45) is 0 Å². The number of rotatable bonds is 4. The smallest absolute Gasteiger partial charge is 0.340 e. The van der Waals surface area contributed by atoms with Gasteiger partial charge < -0.3 is 4.74 Å². The number of aryl methyl sites for hydroxylation is 2. The number of carbonyl (C=O) groups is 1. The predicted molar refractivity (Wildman–Crippen MR) is 91.1 cm³/mol. The average molecular weight is 332 g/mol. The van der Waals surface area contributed by atoms with Gasteiger partial charge in [0.1, 0.15) is 6.61 Å². The molecule has 6 nitrogen and oxygen atoms in total. The Morgan fingerprint density at radius 1 is 1.20 bits per heavy atom. The summed E-state index contributed by atoms with van der Waals surface area (Å²) >= 11 is 0. The maximum absolute atomic E-state index is 12.1. The Kier molecular flexibility index (Phi) is 4.57. The first-order valence-electron chi connectivity index (χ1n) is 7.72. The van der Waals surface area contributed by atoms with Gasteiger partial charge in [0.25, 0.3) is 0 Å². The summed E-state index contributed by atoms with van der Waals surface area (Å²) in [4.78, 5) is 16.4. The molecule has 0 aliphatic carbocycles. The van der Waals surface area contributed by atoms with Crippen LogP contribution in [0, 0.1) is 25.2 Å². The molecule has 0 atom stereocenters. The van der Waals surface area contributed by atoms with Crippen LogP contribution in [0.25, 0.3) is 5.82 Å². The Morgan fingerprint density at radius 2 is 1.96 bits per heavy atom. The molecule has 3 aromatic rings. The minimum atomic E-state index is -0.447. The molecule has 3 rings (SSSR count). The third kappa shape index (κ3) is 3.72. The third-order valence-corrected chi connectivity index (χ3v) is 3.66. The van der Waals surface area contributed by atoms with Gasteiger partial charge in [-0.2, -0.15) is 10.4 Å². The zero-order chi connectivity index (χ0) is 17.8. The standard InChI is InChI=1S/C19H16N4O2/c1-13-9-14(2)23(22-13)18-8-7-17(11-21-18)19(24)25-12-16-5-3-15(10-20)4-6-16/h3-9,11H,12H2,1-2H3. The van der Waals surface area contributed by atoms with E-state index < -0.39 is 5.97 Å². The minimum Gasteiger partial charge on any atom is -0.457 e. The van der Waals surface area contributed by atoms with Gasteiger partial charge in [-0.25, -0.2) is 14.5 Å². The summed E-state index contributed by atoms with van der Waals surface area (Å²) in [6.45, 7) is 4.00. The van der Waals surface area contributed by atoms with Crippen molar-refractivity contribution >= 4 is 5.97 Å². The van der Waals surface area contributed by atoms with Crippen molar-refractivity contribution in [1.29, 1.82) is 5.26 Å². The highest BCUT2D eigenvalue weighted by Gasteiger charge is 2.10. The van der Waals surface area contributed by atoms with Gasteiger partial charge >= 0.3 is 5.97 Å². The van der Waals surface area contributed by atoms with E-state index in [4.69, 9.17) is 10.00 Å². The second-order valence-corrected chi connectivity index (χ2v) is 5.63. The van der Waals surface area contributed by atoms with E-state index in [9.17, 15) is 4.79 Å². The van der Waals surface area contributed by atoms with Crippen LogP contribution in [0.4, 0.5) is 0 Å². The first-order valence-corrected chi connectivity index (χ1v) is 7.72. The zero-order valence-electron chi connectivity index (χ0n) is 13.9. The number of aromatic nitrogens is 3. The van der Waals surface area contributed by atoms with E-state index in [1.54, 1.807) is 41.1 Å². The molecule has 0 spiro atoms. The van der Waals surface area contributed by atoms with Crippen molar-refractivity contribution in [3.05, 3.63) is 76.7 Å². The minimum absolute atomic E-state index is 0.143. The molecule has 124 valence electrons. The van der Waals surface area contributed by atoms with Crippen molar-refractivity contribution in [2.75, 3.05) is 0 Å². The molecule has 0 radical (unpaired) electrons. The Balaban J connectivity index is 1.66. The zero-order valence-corrected chi connectivity index (χ0v) is 13.9. The number of ether oxygens (including phenoxy) is 1. The third-order valence-electron chi connectivity index (χ3n) is 3.66. The van der Waals surface area contributed by atoms with Crippen molar-refractivity contribution in [3.63, 3.8) is 0 Å². The molecule has 0 aliphatic rings. The quantitative estimate of drug-likeness (QED) is 0.686. The molecule has 0 fully saturated rings. The van der Waals surface area contributed by atoms with Crippen molar-refractivity contribution in [2.45, 2.75) is 20.5 Å². The molecule has 6 heteroatoms. The van der Waals surface area contributed by atoms with Crippen LogP contribution in [0.1, 0.15) is 32.9 Å². The van der Waals surface area contributed by atoms with E-state index in [0.717, 1.165) is 17.0 Å². The lowest BCUT2D eigenvalue weighted by molar-refractivity contribution is 0.0472. The lowest BCUT2D eigenvalue weighted by Crippen LogP contribution is -2.07. The Morgan fingerprint density at radius 3 is 2.52 bits per heavy atom. The number of nitrogens with zero attached hydrogens (tertiary/aromatic N) is 4. The maximum atomic E-state index is 12.1. The van der Waals surface area contributed by atoms with Gasteiger partial charge in [0.15, 0.2) is 5.82 Å². The predicted octanol–water partition coefficient (Wildman–Crippen LogP) is 3.11. The lowest BCUT2D eigenvalue weighted by atomic mass is 10.1. The fourth-order valence-electron chi connectivity index (χ4n) is 2.40. The Bertz CT molecular complexity index is 935. The summed E-state index contributed by atoms with van der Waals surface area (Å²) in [7, 11) is 0. The van der Waals surface area contributed by atoms with E-state index in [-0.39, 0.29) is 6.61 Å². The molecule has 2 heterocycles. The van der Waals surface area contributed by atoms with Crippen molar-refractivity contribution in [1.82, 2.24) is 14.8 Å². The summed E-state index contributed by atoms with van der Waals surface area (Å²) in [5.74, 6) is 0.200. The molecule has 2 aromatic heterocycles. The van der Waals surface area contributed by atoms with Crippen LogP contribution in [-0.2, 0) is 11.3 Å². The normalized spacial score (nSPS) is 10.3. The number of hydrogen-bond acceptors (Lipinski definition) is 5. The number of nitriles is 1. The van der Waals surface area contributed by atoms with Crippen LogP contribution in [0.2, 0.25) is 0 Å². The van der Waals surface area contributed by atoms with Gasteiger partial charge in [-0.1, -0.05) is 12.1 Å². The van der Waals surface area contributed by atoms with Gasteiger partial charge in [-0.15, -0.1) is 0 Å². The van der Waals surface area contributed by atoms with Gasteiger partial charge in [0, 0.05) is 11.9 Å². The van der Waals surface area contributed by atoms with Crippen LogP contribution < -0.4 is 0 Å². The molecule has 0 aliphatic heterocycles. The molecule has 0 saturated carbocycles. The first kappa shape index (κ1) is 16.4. The van der Waals surface area contributed by atoms with E-state index in [0.29, 0.717) is 16.9 Å². The second-order valence-electron chi connectivity index (χ2n) is 5.63. The fourth-order valence-corrected chi connectivity index (χ4v) is 2.40. The van der Waals surface area contributed by atoms with Gasteiger partial charge in [0.2, 0.25) is 0 Å². The molecule has 0 saturated heterocycles. The topological polar surface area (TPSA) is 80.8 Å². The number of hydrogen-bond donors (Lipinski definition) is 0. The molecule has 25 heavy (non-hydrogen) atoms. The lowest BCUT2D eigenvalue weighted by Gasteiger charge is -2.06. The van der Waals surface area contributed by atoms with E-state index >= 15 is 0 Å². The van der Waals surface area contributed by atoms with Gasteiger partial charge in [-0.3, -0.25) is 0 Å². The Labute approximate surface area is 145 Å². The van der Waals surface area contributed by atoms with Gasteiger partial charge in [0.05, 0.1) is 22.9 Å². The number of pyridine rings is 1. The average Bonchev–Trinajstić information content (AvgIpc) is 2.98. The summed E-state index contributed by atoms with van der Waals surface area (Å²) in [6, 6.07) is 14.3. The molecular weight excluding hydrogens is 316 g/mol. The highest BCUT2D eigenvalue weighted by atomic mass is 16.5. The molecule has 0 N–H and O–H groups in total. The highest BCUT2D eigenvalue weighted by molar-refractivity contribution is 5.89. The molecular formula is C19H16N4O2. The summed E-state index contributed by atoms with van der Waals surface area (Å²) in [6.07, 6.45) is 1.48. The monoisotopic (exact) mass is 332 g/mol. The van der Waals surface area contributed by atoms with E-state index in [2.05, 4.69) is 10.1 Å². The SMILES string of the molecule is Cc1cc(C)n(-c2ccc(C(=O)OCc3ccc(C#N)cc3)cn2)n1. The van der Waals surface area contributed by atoms with Crippen LogP contribution in [0.3, 0.4) is 0 Å². The van der Waals surface area contributed by atoms with Crippen molar-refractivity contribution in [3.8, 4) is 11.9 Å². The summed E-state index contributed by atoms with van der Waals surface area (Å²) in [5.41, 5.74) is 3.64. The summed E-state index contributed by atoms with van der Waals surface area (Å²) in [5, 5.41) is 13.1. The molecule has 0 unspecified atom stereocenters. The largest absolute Gasteiger partial charge is 0.457 e.